The summed E-state index contributed by atoms with van der Waals surface area (Å²) in [7, 11) is -3.98. The van der Waals surface area contributed by atoms with Gasteiger partial charge in [0.25, 0.3) is 10.0 Å². The molecule has 2 amide bonds. The van der Waals surface area contributed by atoms with E-state index in [0.29, 0.717) is 27.8 Å². The number of aromatic nitrogens is 1. The molecule has 0 saturated carbocycles. The largest absolute Gasteiger partial charge is 0.444 e. The van der Waals surface area contributed by atoms with Crippen molar-refractivity contribution >= 4 is 49.9 Å². The minimum Gasteiger partial charge on any atom is -0.444 e. The van der Waals surface area contributed by atoms with Gasteiger partial charge < -0.3 is 10.1 Å². The van der Waals surface area contributed by atoms with E-state index in [1.165, 1.54) is 6.07 Å². The lowest BCUT2D eigenvalue weighted by molar-refractivity contribution is -0.123. The van der Waals surface area contributed by atoms with Gasteiger partial charge in [0.1, 0.15) is 6.61 Å². The average molecular weight is 533 g/mol. The number of hydrogen-bond acceptors (Lipinski definition) is 6. The van der Waals surface area contributed by atoms with E-state index in [1.807, 2.05) is 20.8 Å². The highest BCUT2D eigenvalue weighted by Crippen LogP contribution is 2.30. The van der Waals surface area contributed by atoms with E-state index in [0.717, 1.165) is 5.56 Å². The van der Waals surface area contributed by atoms with Crippen molar-refractivity contribution in [1.82, 2.24) is 4.98 Å². The Morgan fingerprint density at radius 3 is 2.13 bits per heavy atom. The fourth-order valence-corrected chi connectivity index (χ4v) is 4.83. The first-order valence-corrected chi connectivity index (χ1v) is 13.3. The smallest absolute Gasteiger partial charge is 0.411 e. The summed E-state index contributed by atoms with van der Waals surface area (Å²) in [6.07, 6.45) is 2.55. The summed E-state index contributed by atoms with van der Waals surface area (Å²) in [5.41, 5.74) is 1.54. The lowest BCUT2D eigenvalue weighted by Crippen LogP contribution is -2.27. The summed E-state index contributed by atoms with van der Waals surface area (Å²) in [6, 6.07) is 19.7. The van der Waals surface area contributed by atoms with Crippen molar-refractivity contribution in [2.45, 2.75) is 32.3 Å². The molecule has 0 unspecified atom stereocenters. The van der Waals surface area contributed by atoms with Crippen LogP contribution >= 0.6 is 0 Å². The minimum absolute atomic E-state index is 0.0499. The van der Waals surface area contributed by atoms with E-state index in [4.69, 9.17) is 4.74 Å². The minimum atomic E-state index is -3.98. The molecule has 0 fully saturated rings. The van der Waals surface area contributed by atoms with Crippen LogP contribution in [0.15, 0.2) is 90.1 Å². The second-order valence-electron chi connectivity index (χ2n) is 9.60. The van der Waals surface area contributed by atoms with Crippen LogP contribution in [0, 0.1) is 5.41 Å². The molecule has 3 aromatic carbocycles. The lowest BCUT2D eigenvalue weighted by Gasteiger charge is -2.18. The molecule has 0 spiro atoms. The molecule has 3 N–H and O–H groups in total. The van der Waals surface area contributed by atoms with E-state index in [1.54, 1.807) is 79.1 Å². The maximum Gasteiger partial charge on any atom is 0.411 e. The molecule has 9 nitrogen and oxygen atoms in total. The molecule has 196 valence electrons. The first kappa shape index (κ1) is 26.6. The van der Waals surface area contributed by atoms with E-state index in [-0.39, 0.29) is 17.4 Å². The van der Waals surface area contributed by atoms with Gasteiger partial charge in [-0.25, -0.2) is 13.2 Å². The summed E-state index contributed by atoms with van der Waals surface area (Å²) in [6.45, 7) is 5.49. The number of carbonyl (C=O) groups is 2. The summed E-state index contributed by atoms with van der Waals surface area (Å²) in [4.78, 5) is 28.6. The van der Waals surface area contributed by atoms with Crippen LogP contribution in [-0.4, -0.2) is 25.4 Å². The Bertz CT molecular complexity index is 1560. The number of rotatable bonds is 7. The zero-order valence-electron chi connectivity index (χ0n) is 21.2. The molecule has 0 atom stereocenters. The molecule has 0 aliphatic rings. The summed E-state index contributed by atoms with van der Waals surface area (Å²) in [5.74, 6) is -0.146. The third-order valence-corrected chi connectivity index (χ3v) is 7.04. The summed E-state index contributed by atoms with van der Waals surface area (Å²) in [5, 5.41) is 6.46. The Hall–Kier alpha value is -4.44. The molecule has 4 rings (SSSR count). The average Bonchev–Trinajstić information content (AvgIpc) is 2.88. The van der Waals surface area contributed by atoms with Crippen LogP contribution < -0.4 is 15.4 Å². The van der Waals surface area contributed by atoms with Gasteiger partial charge >= 0.3 is 6.09 Å². The molecule has 1 heterocycles. The van der Waals surface area contributed by atoms with Gasteiger partial charge in [-0.3, -0.25) is 19.8 Å². The van der Waals surface area contributed by atoms with Crippen molar-refractivity contribution in [3.8, 4) is 0 Å². The predicted octanol–water partition coefficient (Wildman–Crippen LogP) is 5.77. The SMILES string of the molecule is CC(C)(C)C(=O)Nc1ccc(NS(=O)(=O)c2cccc3c(NC(=O)OCc4ccncc4)cccc23)cc1. The molecule has 0 saturated heterocycles. The summed E-state index contributed by atoms with van der Waals surface area (Å²) < 4.78 is 34.5. The lowest BCUT2D eigenvalue weighted by atomic mass is 9.95. The predicted molar refractivity (Wildman–Crippen MR) is 147 cm³/mol. The van der Waals surface area contributed by atoms with Crippen molar-refractivity contribution in [2.24, 2.45) is 5.41 Å². The normalized spacial score (nSPS) is 11.6. The molecule has 10 heteroatoms. The monoisotopic (exact) mass is 532 g/mol. The molecule has 0 aliphatic heterocycles. The van der Waals surface area contributed by atoms with Crippen LogP contribution in [0.25, 0.3) is 10.8 Å². The Morgan fingerprint density at radius 2 is 1.45 bits per heavy atom. The molecule has 1 aromatic heterocycles. The van der Waals surface area contributed by atoms with Crippen LogP contribution in [0.4, 0.5) is 21.9 Å². The fraction of sp³-hybridized carbons (Fsp3) is 0.179. The van der Waals surface area contributed by atoms with Crippen molar-refractivity contribution in [2.75, 3.05) is 15.4 Å². The molecule has 4 aromatic rings. The highest BCUT2D eigenvalue weighted by atomic mass is 32.2. The molecule has 38 heavy (non-hydrogen) atoms. The molecule has 0 aliphatic carbocycles. The van der Waals surface area contributed by atoms with Gasteiger partial charge in [0.05, 0.1) is 10.6 Å². The van der Waals surface area contributed by atoms with E-state index in [2.05, 4.69) is 20.3 Å². The number of nitrogens with one attached hydrogen (secondary N) is 3. The number of sulfonamides is 1. The number of carbonyl (C=O) groups excluding carboxylic acids is 2. The molecule has 0 radical (unpaired) electrons. The van der Waals surface area contributed by atoms with Crippen molar-refractivity contribution in [3.63, 3.8) is 0 Å². The van der Waals surface area contributed by atoms with Gasteiger partial charge in [-0.15, -0.1) is 0 Å². The zero-order valence-corrected chi connectivity index (χ0v) is 22.0. The van der Waals surface area contributed by atoms with Crippen LogP contribution in [0.3, 0.4) is 0 Å². The van der Waals surface area contributed by atoms with Gasteiger partial charge in [-0.05, 0) is 54.1 Å². The second kappa shape index (κ2) is 10.9. The second-order valence-corrected chi connectivity index (χ2v) is 11.3. The van der Waals surface area contributed by atoms with Crippen molar-refractivity contribution in [3.05, 3.63) is 90.8 Å². The van der Waals surface area contributed by atoms with Gasteiger partial charge in [-0.2, -0.15) is 0 Å². The van der Waals surface area contributed by atoms with Crippen LogP contribution in [0.2, 0.25) is 0 Å². The van der Waals surface area contributed by atoms with Crippen molar-refractivity contribution < 1.29 is 22.7 Å². The number of amides is 2. The molecular weight excluding hydrogens is 504 g/mol. The Kier molecular flexibility index (Phi) is 7.63. The first-order chi connectivity index (χ1) is 18.0. The Balaban J connectivity index is 1.51. The Morgan fingerprint density at radius 1 is 0.816 bits per heavy atom. The number of nitrogens with zero attached hydrogens (tertiary/aromatic N) is 1. The Labute approximate surface area is 221 Å². The number of ether oxygens (including phenoxy) is 1. The van der Waals surface area contributed by atoms with Gasteiger partial charge in [0, 0.05) is 40.0 Å². The van der Waals surface area contributed by atoms with E-state index < -0.39 is 21.5 Å². The quantitative estimate of drug-likeness (QED) is 0.277. The maximum atomic E-state index is 13.3. The third kappa shape index (κ3) is 6.46. The van der Waals surface area contributed by atoms with Crippen LogP contribution in [0.5, 0.6) is 0 Å². The van der Waals surface area contributed by atoms with Crippen LogP contribution in [0.1, 0.15) is 26.3 Å². The zero-order chi connectivity index (χ0) is 27.3. The fourth-order valence-electron chi connectivity index (χ4n) is 3.55. The van der Waals surface area contributed by atoms with Gasteiger partial charge in [0.15, 0.2) is 0 Å². The van der Waals surface area contributed by atoms with E-state index in [9.17, 15) is 18.0 Å². The van der Waals surface area contributed by atoms with Crippen LogP contribution in [-0.2, 0) is 26.2 Å². The number of fused-ring (bicyclic) bond motifs is 1. The third-order valence-electron chi connectivity index (χ3n) is 5.60. The van der Waals surface area contributed by atoms with Crippen molar-refractivity contribution in [1.29, 1.82) is 0 Å². The topological polar surface area (TPSA) is 126 Å². The molecule has 0 bridgehead atoms. The first-order valence-electron chi connectivity index (χ1n) is 11.8. The number of pyridine rings is 1. The standard InChI is InChI=1S/C28H28N4O5S/c1-28(2,3)26(33)30-20-10-12-21(13-11-20)32-38(35,36)25-9-5-6-22-23(25)7-4-8-24(22)31-27(34)37-18-19-14-16-29-17-15-19/h4-17,32H,18H2,1-3H3,(H,30,33)(H,31,34). The number of hydrogen-bond donors (Lipinski definition) is 3. The highest BCUT2D eigenvalue weighted by molar-refractivity contribution is 7.93. The maximum absolute atomic E-state index is 13.3. The molecular formula is C28H28N4O5S. The van der Waals surface area contributed by atoms with E-state index >= 15 is 0 Å². The highest BCUT2D eigenvalue weighted by Gasteiger charge is 2.22. The summed E-state index contributed by atoms with van der Waals surface area (Å²) >= 11 is 0. The van der Waals surface area contributed by atoms with Gasteiger partial charge in [0.2, 0.25) is 5.91 Å². The van der Waals surface area contributed by atoms with Gasteiger partial charge in [-0.1, -0.05) is 45.0 Å². The number of benzene rings is 3. The number of anilines is 3.